The molecule has 4 saturated carbocycles. The van der Waals surface area contributed by atoms with Gasteiger partial charge in [-0.25, -0.2) is 9.18 Å². The van der Waals surface area contributed by atoms with Gasteiger partial charge in [0.1, 0.15) is 11.8 Å². The number of alkyl halides is 1. The number of esters is 1. The second-order valence-electron chi connectivity index (χ2n) is 5.70. The van der Waals surface area contributed by atoms with Crippen LogP contribution in [0.4, 0.5) is 4.39 Å². The van der Waals surface area contributed by atoms with Crippen molar-refractivity contribution in [2.75, 3.05) is 0 Å². The van der Waals surface area contributed by atoms with Crippen molar-refractivity contribution >= 4 is 5.97 Å². The Balaban J connectivity index is 1.83. The Labute approximate surface area is 94.9 Å². The monoisotopic (exact) mass is 224 g/mol. The zero-order valence-electron chi connectivity index (χ0n) is 9.32. The molecule has 0 aromatic heterocycles. The van der Waals surface area contributed by atoms with Gasteiger partial charge in [-0.1, -0.05) is 6.58 Å². The highest BCUT2D eigenvalue weighted by molar-refractivity contribution is 5.81. The zero-order chi connectivity index (χ0) is 11.3. The molecule has 0 amide bonds. The molecular weight excluding hydrogens is 207 g/mol. The van der Waals surface area contributed by atoms with Crippen LogP contribution in [0.1, 0.15) is 32.1 Å². The van der Waals surface area contributed by atoms with Gasteiger partial charge in [-0.05, 0) is 49.9 Å². The maximum Gasteiger partial charge on any atom is 0.330 e. The topological polar surface area (TPSA) is 26.3 Å². The van der Waals surface area contributed by atoms with Gasteiger partial charge >= 0.3 is 5.97 Å². The van der Waals surface area contributed by atoms with E-state index in [2.05, 4.69) is 6.58 Å². The van der Waals surface area contributed by atoms with Crippen molar-refractivity contribution in [3.8, 4) is 0 Å². The quantitative estimate of drug-likeness (QED) is 0.532. The molecule has 4 aliphatic carbocycles. The van der Waals surface area contributed by atoms with Crippen LogP contribution in [0, 0.1) is 17.8 Å². The average Bonchev–Trinajstić information content (AvgIpc) is 2.21. The molecule has 4 fully saturated rings. The van der Waals surface area contributed by atoms with E-state index in [9.17, 15) is 9.18 Å². The molecular formula is C13H17FO2. The Kier molecular flexibility index (Phi) is 2.13. The van der Waals surface area contributed by atoms with Gasteiger partial charge in [0.15, 0.2) is 0 Å². The smallest absolute Gasteiger partial charge is 0.330 e. The molecule has 0 saturated heterocycles. The summed E-state index contributed by atoms with van der Waals surface area (Å²) in [6.45, 7) is 3.37. The van der Waals surface area contributed by atoms with Crippen LogP contribution in [0.2, 0.25) is 0 Å². The molecule has 0 N–H and O–H groups in total. The highest BCUT2D eigenvalue weighted by Crippen LogP contribution is 2.58. The van der Waals surface area contributed by atoms with E-state index in [0.29, 0.717) is 24.7 Å². The highest BCUT2D eigenvalue weighted by atomic mass is 19.1. The van der Waals surface area contributed by atoms with Crippen LogP contribution < -0.4 is 0 Å². The number of ether oxygens (including phenoxy) is 1. The molecule has 0 aliphatic heterocycles. The number of halogens is 1. The van der Waals surface area contributed by atoms with Gasteiger partial charge in [-0.15, -0.1) is 0 Å². The lowest BCUT2D eigenvalue weighted by Crippen LogP contribution is -2.59. The molecule has 0 aromatic carbocycles. The molecule has 88 valence electrons. The molecule has 4 bridgehead atoms. The number of rotatable bonds is 2. The summed E-state index contributed by atoms with van der Waals surface area (Å²) in [7, 11) is 0. The van der Waals surface area contributed by atoms with Crippen molar-refractivity contribution in [2.24, 2.45) is 17.8 Å². The maximum absolute atomic E-state index is 14.7. The standard InChI is InChI=1S/C13H17FO2/c1-2-11(15)16-12-10-4-8-3-9(5-10)7-13(12,14)6-8/h2,8-10,12H,1,3-7H2. The van der Waals surface area contributed by atoms with Gasteiger partial charge in [0.25, 0.3) is 0 Å². The molecule has 3 atom stereocenters. The van der Waals surface area contributed by atoms with Crippen molar-refractivity contribution in [2.45, 2.75) is 43.9 Å². The Hall–Kier alpha value is -0.860. The first-order valence-electron chi connectivity index (χ1n) is 6.12. The van der Waals surface area contributed by atoms with Crippen molar-refractivity contribution < 1.29 is 13.9 Å². The van der Waals surface area contributed by atoms with Crippen LogP contribution >= 0.6 is 0 Å². The van der Waals surface area contributed by atoms with Crippen LogP contribution in [0.15, 0.2) is 12.7 Å². The number of hydrogen-bond acceptors (Lipinski definition) is 2. The van der Waals surface area contributed by atoms with Gasteiger partial charge in [0.05, 0.1) is 0 Å². The first-order chi connectivity index (χ1) is 7.60. The summed E-state index contributed by atoms with van der Waals surface area (Å²) in [4.78, 5) is 11.2. The lowest BCUT2D eigenvalue weighted by molar-refractivity contribution is -0.194. The fourth-order valence-corrected chi connectivity index (χ4v) is 4.27. The van der Waals surface area contributed by atoms with Gasteiger partial charge in [-0.2, -0.15) is 0 Å². The van der Waals surface area contributed by atoms with E-state index in [1.165, 1.54) is 6.42 Å². The fraction of sp³-hybridized carbons (Fsp3) is 0.769. The first kappa shape index (κ1) is 10.3. The normalized spacial score (nSPS) is 49.1. The molecule has 0 radical (unpaired) electrons. The van der Waals surface area contributed by atoms with Crippen molar-refractivity contribution in [1.29, 1.82) is 0 Å². The predicted molar refractivity (Wildman–Crippen MR) is 57.5 cm³/mol. The third-order valence-corrected chi connectivity index (χ3v) is 4.54. The molecule has 4 rings (SSSR count). The molecule has 0 aromatic rings. The number of carbonyl (C=O) groups excluding carboxylic acids is 1. The van der Waals surface area contributed by atoms with Gasteiger partial charge in [0, 0.05) is 6.08 Å². The van der Waals surface area contributed by atoms with E-state index in [0.717, 1.165) is 18.9 Å². The van der Waals surface area contributed by atoms with E-state index < -0.39 is 17.7 Å². The first-order valence-corrected chi connectivity index (χ1v) is 6.12. The number of carbonyl (C=O) groups is 1. The Morgan fingerprint density at radius 3 is 2.44 bits per heavy atom. The van der Waals surface area contributed by atoms with E-state index >= 15 is 0 Å². The van der Waals surface area contributed by atoms with Crippen molar-refractivity contribution in [3.05, 3.63) is 12.7 Å². The van der Waals surface area contributed by atoms with Crippen LogP contribution in [-0.4, -0.2) is 17.7 Å². The second kappa shape index (κ2) is 3.31. The zero-order valence-corrected chi connectivity index (χ0v) is 9.32. The summed E-state index contributed by atoms with van der Waals surface area (Å²) in [6.07, 6.45) is 5.07. The minimum Gasteiger partial charge on any atom is -0.456 e. The van der Waals surface area contributed by atoms with Gasteiger partial charge in [0.2, 0.25) is 0 Å². The Morgan fingerprint density at radius 1 is 1.31 bits per heavy atom. The Morgan fingerprint density at radius 2 is 1.94 bits per heavy atom. The highest BCUT2D eigenvalue weighted by Gasteiger charge is 2.59. The maximum atomic E-state index is 14.7. The summed E-state index contributed by atoms with van der Waals surface area (Å²) in [5, 5.41) is 0. The van der Waals surface area contributed by atoms with E-state index in [-0.39, 0.29) is 5.92 Å². The van der Waals surface area contributed by atoms with Crippen molar-refractivity contribution in [1.82, 2.24) is 0 Å². The Bertz CT molecular complexity index is 325. The third-order valence-electron chi connectivity index (χ3n) is 4.54. The summed E-state index contributed by atoms with van der Waals surface area (Å²) >= 11 is 0. The van der Waals surface area contributed by atoms with Gasteiger partial charge < -0.3 is 4.74 Å². The average molecular weight is 224 g/mol. The lowest BCUT2D eigenvalue weighted by Gasteiger charge is -2.56. The van der Waals surface area contributed by atoms with Crippen molar-refractivity contribution in [3.63, 3.8) is 0 Å². The van der Waals surface area contributed by atoms with Crippen LogP contribution in [0.25, 0.3) is 0 Å². The summed E-state index contributed by atoms with van der Waals surface area (Å²) in [6, 6.07) is 0. The molecule has 0 spiro atoms. The summed E-state index contributed by atoms with van der Waals surface area (Å²) in [5.41, 5.74) is -1.24. The third kappa shape index (κ3) is 1.40. The largest absolute Gasteiger partial charge is 0.456 e. The van der Waals surface area contributed by atoms with E-state index in [1.807, 2.05) is 0 Å². The van der Waals surface area contributed by atoms with Crippen LogP contribution in [0.5, 0.6) is 0 Å². The van der Waals surface area contributed by atoms with Crippen LogP contribution in [0.3, 0.4) is 0 Å². The summed E-state index contributed by atoms with van der Waals surface area (Å²) in [5.74, 6) is 0.831. The molecule has 3 heteroatoms. The molecule has 0 heterocycles. The molecule has 3 unspecified atom stereocenters. The molecule has 2 nitrogen and oxygen atoms in total. The lowest BCUT2D eigenvalue weighted by atomic mass is 9.53. The second-order valence-corrected chi connectivity index (χ2v) is 5.70. The minimum absolute atomic E-state index is 0.250. The van der Waals surface area contributed by atoms with Gasteiger partial charge in [-0.3, -0.25) is 0 Å². The summed E-state index contributed by atoms with van der Waals surface area (Å²) < 4.78 is 20.0. The van der Waals surface area contributed by atoms with Crippen LogP contribution in [-0.2, 0) is 9.53 Å². The van der Waals surface area contributed by atoms with E-state index in [1.54, 1.807) is 0 Å². The van der Waals surface area contributed by atoms with E-state index in [4.69, 9.17) is 4.74 Å². The molecule has 4 aliphatic rings. The minimum atomic E-state index is -1.24. The SMILES string of the molecule is C=CC(=O)OC1C2CC3CC(C2)CC1(F)C3. The number of hydrogen-bond donors (Lipinski definition) is 0. The molecule has 16 heavy (non-hydrogen) atoms. The predicted octanol–water partition coefficient (Wildman–Crippen LogP) is 2.63. The fourth-order valence-electron chi connectivity index (χ4n) is 4.27.